The number of amides is 1. The van der Waals surface area contributed by atoms with Gasteiger partial charge in [0.25, 0.3) is 11.6 Å². The number of benzene rings is 2. The molecule has 1 saturated heterocycles. The van der Waals surface area contributed by atoms with Crippen LogP contribution in [-0.2, 0) is 4.79 Å². The number of ether oxygens (including phenoxy) is 1. The normalized spacial score (nSPS) is 16.1. The van der Waals surface area contributed by atoms with Crippen LogP contribution in [0.4, 0.5) is 11.4 Å². The fourth-order valence-electron chi connectivity index (χ4n) is 3.46. The number of furan rings is 1. The number of carbonyl (C=O) groups excluding carboxylic acids is 1. The molecule has 0 bridgehead atoms. The lowest BCUT2D eigenvalue weighted by molar-refractivity contribution is -0.384. The van der Waals surface area contributed by atoms with Gasteiger partial charge in [0.05, 0.1) is 28.2 Å². The van der Waals surface area contributed by atoms with Gasteiger partial charge in [-0.15, -0.1) is 0 Å². The largest absolute Gasteiger partial charge is 0.496 e. The predicted octanol–water partition coefficient (Wildman–Crippen LogP) is 6.18. The van der Waals surface area contributed by atoms with E-state index >= 15 is 0 Å². The number of aliphatic imine (C=N–C) groups is 1. The van der Waals surface area contributed by atoms with Crippen LogP contribution < -0.4 is 4.74 Å². The predicted molar refractivity (Wildman–Crippen MR) is 133 cm³/mol. The first-order valence-electron chi connectivity index (χ1n) is 10.6. The van der Waals surface area contributed by atoms with Gasteiger partial charge in [0, 0.05) is 24.3 Å². The summed E-state index contributed by atoms with van der Waals surface area (Å²) in [6.07, 6.45) is 1.66. The van der Waals surface area contributed by atoms with E-state index in [0.717, 1.165) is 11.3 Å². The summed E-state index contributed by atoms with van der Waals surface area (Å²) in [5.74, 6) is 1.14. The fourth-order valence-corrected chi connectivity index (χ4v) is 4.56. The van der Waals surface area contributed by atoms with Crippen LogP contribution in [0.25, 0.3) is 17.4 Å². The Balaban J connectivity index is 1.67. The maximum Gasteiger partial charge on any atom is 0.270 e. The zero-order valence-electron chi connectivity index (χ0n) is 19.1. The first kappa shape index (κ1) is 23.3. The SMILES string of the molecule is COc1ccc([N+](=O)[O-])cc1-c1ccc(/C=C2/SC(=Nc3ccc(C)cc3)N(C(C)C)C2=O)o1. The van der Waals surface area contributed by atoms with Gasteiger partial charge in [-0.25, -0.2) is 4.99 Å². The maximum atomic E-state index is 13.1. The van der Waals surface area contributed by atoms with Crippen molar-refractivity contribution in [1.82, 2.24) is 4.90 Å². The highest BCUT2D eigenvalue weighted by Gasteiger charge is 2.35. The Labute approximate surface area is 201 Å². The maximum absolute atomic E-state index is 13.1. The summed E-state index contributed by atoms with van der Waals surface area (Å²) >= 11 is 1.28. The quantitative estimate of drug-likeness (QED) is 0.239. The number of hydrogen-bond donors (Lipinski definition) is 0. The van der Waals surface area contributed by atoms with Crippen molar-refractivity contribution in [2.24, 2.45) is 4.99 Å². The number of nitro benzene ring substituents is 1. The van der Waals surface area contributed by atoms with E-state index in [-0.39, 0.29) is 17.6 Å². The van der Waals surface area contributed by atoms with Crippen molar-refractivity contribution in [1.29, 1.82) is 0 Å². The van der Waals surface area contributed by atoms with Crippen LogP contribution in [0.15, 0.2) is 68.9 Å². The van der Waals surface area contributed by atoms with Crippen LogP contribution in [0.2, 0.25) is 0 Å². The zero-order valence-corrected chi connectivity index (χ0v) is 20.0. The molecule has 34 heavy (non-hydrogen) atoms. The number of thioether (sulfide) groups is 1. The number of amidine groups is 1. The number of nitro groups is 1. The number of carbonyl (C=O) groups is 1. The van der Waals surface area contributed by atoms with Crippen LogP contribution >= 0.6 is 11.8 Å². The van der Waals surface area contributed by atoms with Gasteiger partial charge in [-0.3, -0.25) is 19.8 Å². The molecule has 0 aliphatic carbocycles. The molecule has 2 aromatic carbocycles. The lowest BCUT2D eigenvalue weighted by Gasteiger charge is -2.19. The van der Waals surface area contributed by atoms with Crippen LogP contribution in [0, 0.1) is 17.0 Å². The molecule has 9 heteroatoms. The molecule has 4 rings (SSSR count). The molecule has 174 valence electrons. The highest BCUT2D eigenvalue weighted by Crippen LogP contribution is 2.38. The molecule has 1 amide bonds. The molecule has 0 N–H and O–H groups in total. The van der Waals surface area contributed by atoms with E-state index in [9.17, 15) is 14.9 Å². The van der Waals surface area contributed by atoms with E-state index < -0.39 is 4.92 Å². The molecule has 0 radical (unpaired) electrons. The average molecular weight is 478 g/mol. The number of rotatable bonds is 6. The fraction of sp³-hybridized carbons (Fsp3) is 0.200. The Kier molecular flexibility index (Phi) is 6.56. The van der Waals surface area contributed by atoms with Crippen molar-refractivity contribution in [3.63, 3.8) is 0 Å². The molecule has 2 heterocycles. The topological polar surface area (TPSA) is 98.2 Å². The standard InChI is InChI=1S/C25H23N3O5S/c1-15(2)27-24(29)23(34-25(27)26-17-7-5-16(3)6-8-17)14-19-10-12-22(33-19)20-13-18(28(30)31)9-11-21(20)32-4/h5-15H,1-4H3/b23-14+,26-25?. The van der Waals surface area contributed by atoms with E-state index in [2.05, 4.69) is 4.99 Å². The first-order valence-corrected chi connectivity index (χ1v) is 11.4. The Morgan fingerprint density at radius 2 is 1.88 bits per heavy atom. The third-order valence-electron chi connectivity index (χ3n) is 5.17. The third kappa shape index (κ3) is 4.74. The molecule has 0 spiro atoms. The van der Waals surface area contributed by atoms with Crippen molar-refractivity contribution in [3.05, 3.63) is 80.9 Å². The van der Waals surface area contributed by atoms with E-state index in [0.29, 0.717) is 32.9 Å². The Morgan fingerprint density at radius 1 is 1.15 bits per heavy atom. The second kappa shape index (κ2) is 9.56. The highest BCUT2D eigenvalue weighted by atomic mass is 32.2. The second-order valence-corrected chi connectivity index (χ2v) is 8.96. The van der Waals surface area contributed by atoms with E-state index in [1.807, 2.05) is 45.0 Å². The average Bonchev–Trinajstić information content (AvgIpc) is 3.39. The van der Waals surface area contributed by atoms with Crippen molar-refractivity contribution in [2.75, 3.05) is 7.11 Å². The monoisotopic (exact) mass is 477 g/mol. The molecule has 0 saturated carbocycles. The molecular weight excluding hydrogens is 454 g/mol. The van der Waals surface area contributed by atoms with Crippen molar-refractivity contribution < 1.29 is 18.9 Å². The van der Waals surface area contributed by atoms with Crippen molar-refractivity contribution in [2.45, 2.75) is 26.8 Å². The summed E-state index contributed by atoms with van der Waals surface area (Å²) in [5.41, 5.74) is 2.29. The van der Waals surface area contributed by atoms with Crippen LogP contribution in [0.5, 0.6) is 5.75 Å². The Hall–Kier alpha value is -3.85. The minimum atomic E-state index is -0.474. The molecule has 1 aromatic heterocycles. The van der Waals surface area contributed by atoms with Gasteiger partial charge in [-0.05, 0) is 62.9 Å². The molecular formula is C25H23N3O5S. The number of non-ortho nitro benzene ring substituents is 1. The molecule has 0 unspecified atom stereocenters. The minimum absolute atomic E-state index is 0.0711. The first-order chi connectivity index (χ1) is 16.3. The molecule has 8 nitrogen and oxygen atoms in total. The lowest BCUT2D eigenvalue weighted by Crippen LogP contribution is -2.35. The third-order valence-corrected chi connectivity index (χ3v) is 6.15. The summed E-state index contributed by atoms with van der Waals surface area (Å²) in [6.45, 7) is 5.88. The minimum Gasteiger partial charge on any atom is -0.496 e. The number of hydrogen-bond acceptors (Lipinski definition) is 7. The molecule has 0 atom stereocenters. The molecule has 3 aromatic rings. The molecule has 1 fully saturated rings. The van der Waals surface area contributed by atoms with Crippen LogP contribution in [0.1, 0.15) is 25.2 Å². The van der Waals surface area contributed by atoms with Crippen LogP contribution in [-0.4, -0.2) is 34.0 Å². The van der Waals surface area contributed by atoms with Gasteiger partial charge in [-0.2, -0.15) is 0 Å². The van der Waals surface area contributed by atoms with E-state index in [1.54, 1.807) is 23.1 Å². The summed E-state index contributed by atoms with van der Waals surface area (Å²) in [6, 6.07) is 15.4. The number of aryl methyl sites for hydroxylation is 1. The number of methoxy groups -OCH3 is 1. The van der Waals surface area contributed by atoms with Gasteiger partial charge in [0.15, 0.2) is 5.17 Å². The Morgan fingerprint density at radius 3 is 2.53 bits per heavy atom. The van der Waals surface area contributed by atoms with Crippen molar-refractivity contribution in [3.8, 4) is 17.1 Å². The summed E-state index contributed by atoms with van der Waals surface area (Å²) in [4.78, 5) is 30.6. The Bertz CT molecular complexity index is 1310. The van der Waals surface area contributed by atoms with Crippen molar-refractivity contribution >= 4 is 40.3 Å². The van der Waals surface area contributed by atoms with Gasteiger partial charge in [0.2, 0.25) is 0 Å². The highest BCUT2D eigenvalue weighted by molar-refractivity contribution is 8.18. The number of nitrogens with zero attached hydrogens (tertiary/aromatic N) is 3. The van der Waals surface area contributed by atoms with Gasteiger partial charge >= 0.3 is 0 Å². The zero-order chi connectivity index (χ0) is 24.4. The summed E-state index contributed by atoms with van der Waals surface area (Å²) in [5, 5.41) is 11.8. The molecule has 1 aliphatic heterocycles. The van der Waals surface area contributed by atoms with Crippen LogP contribution in [0.3, 0.4) is 0 Å². The van der Waals surface area contributed by atoms with E-state index in [1.165, 1.54) is 37.1 Å². The van der Waals surface area contributed by atoms with Gasteiger partial charge in [-0.1, -0.05) is 17.7 Å². The molecule has 1 aliphatic rings. The lowest BCUT2D eigenvalue weighted by atomic mass is 10.1. The summed E-state index contributed by atoms with van der Waals surface area (Å²) in [7, 11) is 1.49. The summed E-state index contributed by atoms with van der Waals surface area (Å²) < 4.78 is 11.3. The van der Waals surface area contributed by atoms with E-state index in [4.69, 9.17) is 9.15 Å². The van der Waals surface area contributed by atoms with Gasteiger partial charge < -0.3 is 9.15 Å². The second-order valence-electron chi connectivity index (χ2n) is 7.95. The van der Waals surface area contributed by atoms with Gasteiger partial charge in [0.1, 0.15) is 17.3 Å². The smallest absolute Gasteiger partial charge is 0.270 e.